The van der Waals surface area contributed by atoms with Gasteiger partial charge in [-0.15, -0.1) is 0 Å². The largest absolute Gasteiger partial charge is 0.491 e. The number of nitrogens with zero attached hydrogens (tertiary/aromatic N) is 1. The average Bonchev–Trinajstić information content (AvgIpc) is 2.83. The van der Waals surface area contributed by atoms with Crippen molar-refractivity contribution in [2.45, 2.75) is 26.4 Å². The number of benzene rings is 3. The fourth-order valence-electron chi connectivity index (χ4n) is 3.54. The van der Waals surface area contributed by atoms with Crippen molar-refractivity contribution in [2.24, 2.45) is 0 Å². The SMILES string of the molecule is Cc1c(/C=C/CCCOc2ccc(F)cc2F)nc2ccccc2c1OCc1ccccc1. The summed E-state index contributed by atoms with van der Waals surface area (Å²) in [5, 5.41) is 0.984. The molecule has 0 aliphatic carbocycles. The highest BCUT2D eigenvalue weighted by atomic mass is 19.1. The number of fused-ring (bicyclic) bond motifs is 1. The standard InChI is InChI=1S/C28H25F2NO2/c1-20-25(13-6-3-9-17-32-27-16-15-22(29)18-24(27)30)31-26-14-8-7-12-23(26)28(20)33-19-21-10-4-2-5-11-21/h2,4-8,10-16,18H,3,9,17,19H2,1H3/b13-6+. The summed E-state index contributed by atoms with van der Waals surface area (Å²) in [6, 6.07) is 21.3. The Balaban J connectivity index is 1.42. The number of unbranched alkanes of at least 4 members (excludes halogenated alkanes) is 1. The van der Waals surface area contributed by atoms with Crippen molar-refractivity contribution in [2.75, 3.05) is 6.61 Å². The van der Waals surface area contributed by atoms with Gasteiger partial charge in [0.05, 0.1) is 17.8 Å². The number of hydrogen-bond donors (Lipinski definition) is 0. The fraction of sp³-hybridized carbons (Fsp3) is 0.179. The molecule has 0 radical (unpaired) electrons. The third-order valence-electron chi connectivity index (χ3n) is 5.28. The van der Waals surface area contributed by atoms with Crippen LogP contribution in [0.15, 0.2) is 78.9 Å². The van der Waals surface area contributed by atoms with Gasteiger partial charge in [0.1, 0.15) is 18.2 Å². The van der Waals surface area contributed by atoms with E-state index in [0.29, 0.717) is 19.6 Å². The molecule has 0 aliphatic heterocycles. The molecule has 168 valence electrons. The topological polar surface area (TPSA) is 31.4 Å². The number of hydrogen-bond acceptors (Lipinski definition) is 3. The van der Waals surface area contributed by atoms with Crippen molar-refractivity contribution >= 4 is 17.0 Å². The number of rotatable bonds is 9. The summed E-state index contributed by atoms with van der Waals surface area (Å²) in [4.78, 5) is 4.79. The minimum absolute atomic E-state index is 0.0626. The summed E-state index contributed by atoms with van der Waals surface area (Å²) in [5.74, 6) is -0.412. The Morgan fingerprint density at radius 2 is 1.70 bits per heavy atom. The molecule has 0 spiro atoms. The van der Waals surface area contributed by atoms with Crippen LogP contribution in [0, 0.1) is 18.6 Å². The monoisotopic (exact) mass is 445 g/mol. The highest BCUT2D eigenvalue weighted by molar-refractivity contribution is 5.88. The van der Waals surface area contributed by atoms with E-state index in [4.69, 9.17) is 14.5 Å². The Kier molecular flexibility index (Phi) is 7.30. The van der Waals surface area contributed by atoms with Crippen LogP contribution in [0.4, 0.5) is 8.78 Å². The first-order valence-corrected chi connectivity index (χ1v) is 10.9. The van der Waals surface area contributed by atoms with Gasteiger partial charge in [0.15, 0.2) is 11.6 Å². The van der Waals surface area contributed by atoms with E-state index in [0.717, 1.165) is 46.0 Å². The molecular formula is C28H25F2NO2. The Morgan fingerprint density at radius 3 is 2.52 bits per heavy atom. The van der Waals surface area contributed by atoms with Gasteiger partial charge in [-0.2, -0.15) is 0 Å². The molecule has 0 bridgehead atoms. The number of ether oxygens (including phenoxy) is 2. The highest BCUT2D eigenvalue weighted by Crippen LogP contribution is 2.31. The Morgan fingerprint density at radius 1 is 0.909 bits per heavy atom. The Labute approximate surface area is 192 Å². The molecular weight excluding hydrogens is 420 g/mol. The third kappa shape index (κ3) is 5.75. The van der Waals surface area contributed by atoms with Crippen LogP contribution in [0.3, 0.4) is 0 Å². The molecule has 0 saturated carbocycles. The van der Waals surface area contributed by atoms with Gasteiger partial charge in [-0.1, -0.05) is 48.5 Å². The quantitative estimate of drug-likeness (QED) is 0.254. The lowest BCUT2D eigenvalue weighted by atomic mass is 10.1. The number of aromatic nitrogens is 1. The van der Waals surface area contributed by atoms with Crippen LogP contribution in [0.1, 0.15) is 29.7 Å². The van der Waals surface area contributed by atoms with E-state index >= 15 is 0 Å². The first-order valence-electron chi connectivity index (χ1n) is 10.9. The second kappa shape index (κ2) is 10.7. The molecule has 33 heavy (non-hydrogen) atoms. The zero-order chi connectivity index (χ0) is 23.0. The Bertz CT molecular complexity index is 1260. The third-order valence-corrected chi connectivity index (χ3v) is 5.28. The zero-order valence-corrected chi connectivity index (χ0v) is 18.4. The molecule has 0 amide bonds. The lowest BCUT2D eigenvalue weighted by Gasteiger charge is -2.14. The molecule has 0 N–H and O–H groups in total. The average molecular weight is 446 g/mol. The van der Waals surface area contributed by atoms with Crippen molar-refractivity contribution in [1.82, 2.24) is 4.98 Å². The van der Waals surface area contributed by atoms with Gasteiger partial charge in [0, 0.05) is 17.0 Å². The van der Waals surface area contributed by atoms with Crippen LogP contribution in [0.5, 0.6) is 11.5 Å². The van der Waals surface area contributed by atoms with Crippen LogP contribution in [-0.4, -0.2) is 11.6 Å². The summed E-state index contributed by atoms with van der Waals surface area (Å²) in [5.41, 5.74) is 3.81. The van der Waals surface area contributed by atoms with Gasteiger partial charge in [0.25, 0.3) is 0 Å². The molecule has 0 fully saturated rings. The minimum atomic E-state index is -0.690. The molecule has 0 atom stereocenters. The Hall–Kier alpha value is -3.73. The molecule has 0 saturated heterocycles. The van der Waals surface area contributed by atoms with Crippen molar-refractivity contribution in [3.8, 4) is 11.5 Å². The molecule has 5 heteroatoms. The molecule has 3 nitrogen and oxygen atoms in total. The zero-order valence-electron chi connectivity index (χ0n) is 18.4. The fourth-order valence-corrected chi connectivity index (χ4v) is 3.54. The van der Waals surface area contributed by atoms with Crippen molar-refractivity contribution in [1.29, 1.82) is 0 Å². The van der Waals surface area contributed by atoms with Gasteiger partial charge in [-0.3, -0.25) is 0 Å². The summed E-state index contributed by atoms with van der Waals surface area (Å²) in [7, 11) is 0. The highest BCUT2D eigenvalue weighted by Gasteiger charge is 2.12. The van der Waals surface area contributed by atoms with Crippen LogP contribution in [0.2, 0.25) is 0 Å². The predicted octanol–water partition coefficient (Wildman–Crippen LogP) is 7.27. The summed E-state index contributed by atoms with van der Waals surface area (Å²) >= 11 is 0. The maximum absolute atomic E-state index is 13.6. The van der Waals surface area contributed by atoms with Crippen LogP contribution in [-0.2, 0) is 6.61 Å². The number of para-hydroxylation sites is 1. The molecule has 1 aromatic heterocycles. The normalized spacial score (nSPS) is 11.2. The van der Waals surface area contributed by atoms with E-state index in [1.165, 1.54) is 12.1 Å². The van der Waals surface area contributed by atoms with Gasteiger partial charge in [-0.05, 0) is 55.7 Å². The molecule has 0 aliphatic rings. The molecule has 1 heterocycles. The maximum Gasteiger partial charge on any atom is 0.167 e. The van der Waals surface area contributed by atoms with Crippen molar-refractivity contribution < 1.29 is 18.3 Å². The number of allylic oxidation sites excluding steroid dienone is 1. The lowest BCUT2D eigenvalue weighted by molar-refractivity contribution is 0.295. The summed E-state index contributed by atoms with van der Waals surface area (Å²) < 4.78 is 38.2. The first-order chi connectivity index (χ1) is 16.1. The van der Waals surface area contributed by atoms with E-state index in [1.807, 2.05) is 73.7 Å². The maximum atomic E-state index is 13.6. The second-order valence-electron chi connectivity index (χ2n) is 7.71. The van der Waals surface area contributed by atoms with Gasteiger partial charge >= 0.3 is 0 Å². The lowest BCUT2D eigenvalue weighted by Crippen LogP contribution is -2.01. The van der Waals surface area contributed by atoms with Crippen molar-refractivity contribution in [3.63, 3.8) is 0 Å². The smallest absolute Gasteiger partial charge is 0.167 e. The summed E-state index contributed by atoms with van der Waals surface area (Å²) in [6.07, 6.45) is 5.43. The van der Waals surface area contributed by atoms with Gasteiger partial charge in [0.2, 0.25) is 0 Å². The van der Waals surface area contributed by atoms with E-state index in [1.54, 1.807) is 0 Å². The summed E-state index contributed by atoms with van der Waals surface area (Å²) in [6.45, 7) is 2.83. The van der Waals surface area contributed by atoms with E-state index in [-0.39, 0.29) is 5.75 Å². The second-order valence-corrected chi connectivity index (χ2v) is 7.71. The molecule has 4 rings (SSSR count). The number of pyridine rings is 1. The van der Waals surface area contributed by atoms with Crippen LogP contribution >= 0.6 is 0 Å². The van der Waals surface area contributed by atoms with Crippen LogP contribution in [0.25, 0.3) is 17.0 Å². The van der Waals surface area contributed by atoms with E-state index in [2.05, 4.69) is 0 Å². The van der Waals surface area contributed by atoms with Gasteiger partial charge in [-0.25, -0.2) is 13.8 Å². The van der Waals surface area contributed by atoms with E-state index < -0.39 is 11.6 Å². The van der Waals surface area contributed by atoms with Gasteiger partial charge < -0.3 is 9.47 Å². The molecule has 0 unspecified atom stereocenters. The number of halogens is 2. The molecule has 4 aromatic rings. The van der Waals surface area contributed by atoms with Crippen molar-refractivity contribution in [3.05, 3.63) is 107 Å². The minimum Gasteiger partial charge on any atom is -0.491 e. The van der Waals surface area contributed by atoms with Crippen LogP contribution < -0.4 is 9.47 Å². The van der Waals surface area contributed by atoms with E-state index in [9.17, 15) is 8.78 Å². The molecule has 3 aromatic carbocycles. The first kappa shape index (κ1) is 22.5. The predicted molar refractivity (Wildman–Crippen MR) is 127 cm³/mol.